The molecule has 1 aromatic carbocycles. The summed E-state index contributed by atoms with van der Waals surface area (Å²) >= 11 is 3.48. The summed E-state index contributed by atoms with van der Waals surface area (Å²) in [6.07, 6.45) is 8.82. The van der Waals surface area contributed by atoms with Gasteiger partial charge in [-0.3, -0.25) is 4.79 Å². The van der Waals surface area contributed by atoms with Crippen LogP contribution in [-0.4, -0.2) is 15.7 Å². The van der Waals surface area contributed by atoms with E-state index in [1.165, 1.54) is 28.8 Å². The van der Waals surface area contributed by atoms with Crippen molar-refractivity contribution < 1.29 is 0 Å². The van der Waals surface area contributed by atoms with E-state index < -0.39 is 0 Å². The van der Waals surface area contributed by atoms with E-state index >= 15 is 0 Å². The number of fused-ring (bicyclic) bond motifs is 3. The third kappa shape index (κ3) is 3.72. The number of benzene rings is 1. The first-order valence-electron chi connectivity index (χ1n) is 8.64. The van der Waals surface area contributed by atoms with E-state index in [4.69, 9.17) is 4.98 Å². The van der Waals surface area contributed by atoms with Crippen LogP contribution in [0.25, 0.3) is 16.3 Å². The van der Waals surface area contributed by atoms with Crippen molar-refractivity contribution in [1.82, 2.24) is 9.97 Å². The Morgan fingerprint density at radius 1 is 1.20 bits per heavy atom. The van der Waals surface area contributed by atoms with Crippen LogP contribution in [0.5, 0.6) is 0 Å². The summed E-state index contributed by atoms with van der Waals surface area (Å²) in [5.41, 5.74) is 2.50. The van der Waals surface area contributed by atoms with E-state index in [0.29, 0.717) is 0 Å². The van der Waals surface area contributed by atoms with Crippen LogP contribution in [-0.2, 0) is 18.6 Å². The molecule has 0 aliphatic heterocycles. The highest BCUT2D eigenvalue weighted by atomic mass is 32.2. The van der Waals surface area contributed by atoms with Crippen molar-refractivity contribution in [2.75, 3.05) is 5.75 Å². The summed E-state index contributed by atoms with van der Waals surface area (Å²) < 4.78 is 0. The second-order valence-corrected chi connectivity index (χ2v) is 8.35. The van der Waals surface area contributed by atoms with Gasteiger partial charge in [0, 0.05) is 10.6 Å². The van der Waals surface area contributed by atoms with Crippen molar-refractivity contribution in [2.45, 2.75) is 31.4 Å². The standard InChI is InChI=1S/C20H20N2OS2/c23-19-18-15-10-4-5-11-16(15)25-20(18)22-17(21-19)13-24-12-6-9-14-7-2-1-3-8-14/h1-3,6-9H,4-5,10-13H2,(H,21,22,23)/b9-6+. The summed E-state index contributed by atoms with van der Waals surface area (Å²) in [4.78, 5) is 22.5. The number of hydrogen-bond donors (Lipinski definition) is 1. The van der Waals surface area contributed by atoms with E-state index in [1.807, 2.05) is 18.2 Å². The van der Waals surface area contributed by atoms with Crippen LogP contribution in [0.1, 0.15) is 34.7 Å². The molecule has 4 rings (SSSR count). The van der Waals surface area contributed by atoms with Gasteiger partial charge in [-0.05, 0) is 36.8 Å². The average molecular weight is 369 g/mol. The molecule has 1 N–H and O–H groups in total. The maximum Gasteiger partial charge on any atom is 0.259 e. The zero-order valence-corrected chi connectivity index (χ0v) is 15.6. The third-order valence-corrected chi connectivity index (χ3v) is 6.53. The van der Waals surface area contributed by atoms with Gasteiger partial charge in [-0.15, -0.1) is 23.1 Å². The lowest BCUT2D eigenvalue weighted by molar-refractivity contribution is 0.700. The minimum Gasteiger partial charge on any atom is -0.309 e. The van der Waals surface area contributed by atoms with Crippen LogP contribution in [0.3, 0.4) is 0 Å². The summed E-state index contributed by atoms with van der Waals surface area (Å²) in [6, 6.07) is 10.3. The van der Waals surface area contributed by atoms with Crippen LogP contribution in [0.2, 0.25) is 0 Å². The van der Waals surface area contributed by atoms with Gasteiger partial charge in [0.05, 0.1) is 11.1 Å². The topological polar surface area (TPSA) is 45.8 Å². The van der Waals surface area contributed by atoms with Crippen molar-refractivity contribution in [1.29, 1.82) is 0 Å². The van der Waals surface area contributed by atoms with Crippen molar-refractivity contribution in [3.8, 4) is 0 Å². The SMILES string of the molecule is O=c1[nH]c(CSC/C=C/c2ccccc2)nc2sc3c(c12)CCCC3. The van der Waals surface area contributed by atoms with Gasteiger partial charge < -0.3 is 4.98 Å². The molecular weight excluding hydrogens is 348 g/mol. The van der Waals surface area contributed by atoms with Crippen molar-refractivity contribution >= 4 is 39.4 Å². The minimum atomic E-state index is 0.0415. The number of hydrogen-bond acceptors (Lipinski definition) is 4. The van der Waals surface area contributed by atoms with Crippen LogP contribution in [0.4, 0.5) is 0 Å². The van der Waals surface area contributed by atoms with Gasteiger partial charge in [0.25, 0.3) is 5.56 Å². The Hall–Kier alpha value is -1.85. The normalized spacial score (nSPS) is 14.2. The fraction of sp³-hybridized carbons (Fsp3) is 0.300. The van der Waals surface area contributed by atoms with Crippen LogP contribution >= 0.6 is 23.1 Å². The predicted octanol–water partition coefficient (Wildman–Crippen LogP) is 4.81. The van der Waals surface area contributed by atoms with Crippen molar-refractivity contribution in [3.05, 3.63) is 68.6 Å². The summed E-state index contributed by atoms with van der Waals surface area (Å²) in [5, 5.41) is 0.845. The molecule has 0 saturated carbocycles. The van der Waals surface area contributed by atoms with E-state index in [1.54, 1.807) is 23.1 Å². The lowest BCUT2D eigenvalue weighted by atomic mass is 9.97. The fourth-order valence-electron chi connectivity index (χ4n) is 3.25. The molecular formula is C20H20N2OS2. The molecule has 3 nitrogen and oxygen atoms in total. The Labute approximate surface area is 155 Å². The Morgan fingerprint density at radius 2 is 2.04 bits per heavy atom. The van der Waals surface area contributed by atoms with Crippen LogP contribution < -0.4 is 5.56 Å². The first kappa shape index (κ1) is 16.6. The number of nitrogens with zero attached hydrogens (tertiary/aromatic N) is 1. The Bertz CT molecular complexity index is 957. The second kappa shape index (κ2) is 7.58. The lowest BCUT2D eigenvalue weighted by Crippen LogP contribution is -2.12. The summed E-state index contributed by atoms with van der Waals surface area (Å²) in [7, 11) is 0. The zero-order valence-electron chi connectivity index (χ0n) is 14.0. The highest BCUT2D eigenvalue weighted by molar-refractivity contribution is 7.98. The fourth-order valence-corrected chi connectivity index (χ4v) is 5.21. The third-order valence-electron chi connectivity index (χ3n) is 4.44. The molecule has 128 valence electrons. The highest BCUT2D eigenvalue weighted by Crippen LogP contribution is 2.33. The van der Waals surface area contributed by atoms with Gasteiger partial charge in [-0.2, -0.15) is 0 Å². The maximum absolute atomic E-state index is 12.5. The number of thioether (sulfide) groups is 1. The maximum atomic E-state index is 12.5. The number of aryl methyl sites for hydroxylation is 2. The monoisotopic (exact) mass is 368 g/mol. The summed E-state index contributed by atoms with van der Waals surface area (Å²) in [6.45, 7) is 0. The van der Waals surface area contributed by atoms with Gasteiger partial charge in [0.1, 0.15) is 10.7 Å². The largest absolute Gasteiger partial charge is 0.309 e. The van der Waals surface area contributed by atoms with Gasteiger partial charge in [-0.25, -0.2) is 4.98 Å². The van der Waals surface area contributed by atoms with E-state index in [2.05, 4.69) is 29.3 Å². The van der Waals surface area contributed by atoms with E-state index in [9.17, 15) is 4.79 Å². The number of aromatic amines is 1. The first-order chi connectivity index (χ1) is 12.3. The van der Waals surface area contributed by atoms with E-state index in [0.717, 1.165) is 40.4 Å². The number of rotatable bonds is 5. The van der Waals surface area contributed by atoms with Crippen molar-refractivity contribution in [3.63, 3.8) is 0 Å². The molecule has 0 spiro atoms. The molecule has 1 aliphatic rings. The molecule has 0 unspecified atom stereocenters. The molecule has 2 aromatic heterocycles. The minimum absolute atomic E-state index is 0.0415. The molecule has 0 radical (unpaired) electrons. The van der Waals surface area contributed by atoms with Gasteiger partial charge in [0.2, 0.25) is 0 Å². The Morgan fingerprint density at radius 3 is 2.92 bits per heavy atom. The molecule has 0 saturated heterocycles. The first-order valence-corrected chi connectivity index (χ1v) is 10.6. The Kier molecular flexibility index (Phi) is 5.04. The second-order valence-electron chi connectivity index (χ2n) is 6.23. The lowest BCUT2D eigenvalue weighted by Gasteiger charge is -2.09. The molecule has 0 atom stereocenters. The molecule has 0 bridgehead atoms. The van der Waals surface area contributed by atoms with Crippen molar-refractivity contribution in [2.24, 2.45) is 0 Å². The zero-order chi connectivity index (χ0) is 17.1. The van der Waals surface area contributed by atoms with Crippen LogP contribution in [0.15, 0.2) is 41.2 Å². The van der Waals surface area contributed by atoms with Crippen LogP contribution in [0, 0.1) is 0 Å². The van der Waals surface area contributed by atoms with Gasteiger partial charge in [-0.1, -0.05) is 42.5 Å². The molecule has 0 fully saturated rings. The number of H-pyrrole nitrogens is 1. The highest BCUT2D eigenvalue weighted by Gasteiger charge is 2.19. The van der Waals surface area contributed by atoms with Gasteiger partial charge in [0.15, 0.2) is 0 Å². The smallest absolute Gasteiger partial charge is 0.259 e. The molecule has 3 aromatic rings. The molecule has 5 heteroatoms. The molecule has 1 aliphatic carbocycles. The Balaban J connectivity index is 1.44. The predicted molar refractivity (Wildman–Crippen MR) is 109 cm³/mol. The van der Waals surface area contributed by atoms with E-state index in [-0.39, 0.29) is 5.56 Å². The quantitative estimate of drug-likeness (QED) is 0.657. The molecule has 25 heavy (non-hydrogen) atoms. The molecule has 2 heterocycles. The number of aromatic nitrogens is 2. The molecule has 0 amide bonds. The summed E-state index contributed by atoms with van der Waals surface area (Å²) in [5.74, 6) is 2.42. The average Bonchev–Trinajstić information content (AvgIpc) is 3.01. The number of thiophene rings is 1. The number of nitrogens with one attached hydrogen (secondary N) is 1. The van der Waals surface area contributed by atoms with Gasteiger partial charge >= 0.3 is 0 Å².